The zero-order valence-corrected chi connectivity index (χ0v) is 9.64. The second-order valence-electron chi connectivity index (χ2n) is 4.08. The average molecular weight is 237 g/mol. The maximum atomic E-state index is 12.0. The van der Waals surface area contributed by atoms with Gasteiger partial charge in [0.2, 0.25) is 0 Å². The molecule has 0 saturated carbocycles. The Balaban J connectivity index is 3.87. The molecule has 0 radical (unpaired) electrons. The van der Waals surface area contributed by atoms with Gasteiger partial charge in [-0.15, -0.1) is 0 Å². The van der Waals surface area contributed by atoms with E-state index in [9.17, 15) is 13.2 Å². The molecule has 6 heteroatoms. The van der Waals surface area contributed by atoms with Gasteiger partial charge in [-0.25, -0.2) is 0 Å². The van der Waals surface area contributed by atoms with Gasteiger partial charge in [-0.2, -0.15) is 18.4 Å². The number of nitriles is 1. The lowest BCUT2D eigenvalue weighted by Crippen LogP contribution is -2.38. The molecule has 0 saturated heterocycles. The Hall–Kier alpha value is -0.800. The van der Waals surface area contributed by atoms with Crippen LogP contribution in [0.1, 0.15) is 26.2 Å². The van der Waals surface area contributed by atoms with Crippen LogP contribution in [0.25, 0.3) is 0 Å². The lowest BCUT2D eigenvalue weighted by molar-refractivity contribution is -0.143. The molecule has 0 aliphatic heterocycles. The minimum atomic E-state index is -4.17. The minimum absolute atomic E-state index is 0.292. The largest absolute Gasteiger partial charge is 0.401 e. The van der Waals surface area contributed by atoms with E-state index in [1.807, 2.05) is 6.07 Å². The second-order valence-corrected chi connectivity index (χ2v) is 4.08. The SMILES string of the molecule is CCC(N)(C#N)CCCN(C)CC(F)(F)F. The van der Waals surface area contributed by atoms with Crippen molar-refractivity contribution in [1.29, 1.82) is 5.26 Å². The topological polar surface area (TPSA) is 53.1 Å². The summed E-state index contributed by atoms with van der Waals surface area (Å²) in [6, 6.07) is 1.99. The van der Waals surface area contributed by atoms with Crippen LogP contribution >= 0.6 is 0 Å². The van der Waals surface area contributed by atoms with Crippen LogP contribution in [-0.2, 0) is 0 Å². The molecule has 0 aromatic carbocycles. The van der Waals surface area contributed by atoms with Gasteiger partial charge >= 0.3 is 6.18 Å². The fourth-order valence-corrected chi connectivity index (χ4v) is 1.36. The van der Waals surface area contributed by atoms with E-state index < -0.39 is 18.3 Å². The van der Waals surface area contributed by atoms with E-state index in [2.05, 4.69) is 0 Å². The van der Waals surface area contributed by atoms with Gasteiger partial charge in [0.15, 0.2) is 0 Å². The first-order valence-electron chi connectivity index (χ1n) is 5.18. The first-order chi connectivity index (χ1) is 7.22. The fourth-order valence-electron chi connectivity index (χ4n) is 1.36. The van der Waals surface area contributed by atoms with Crippen molar-refractivity contribution in [2.45, 2.75) is 37.9 Å². The highest BCUT2D eigenvalue weighted by Crippen LogP contribution is 2.17. The molecule has 0 aromatic heterocycles. The first-order valence-corrected chi connectivity index (χ1v) is 5.18. The van der Waals surface area contributed by atoms with Gasteiger partial charge in [0.05, 0.1) is 12.6 Å². The molecular weight excluding hydrogens is 219 g/mol. The molecule has 3 nitrogen and oxygen atoms in total. The number of nitrogens with two attached hydrogens (primary N) is 1. The van der Waals surface area contributed by atoms with Crippen molar-refractivity contribution in [3.63, 3.8) is 0 Å². The Morgan fingerprint density at radius 1 is 1.38 bits per heavy atom. The van der Waals surface area contributed by atoms with Gasteiger partial charge < -0.3 is 5.73 Å². The van der Waals surface area contributed by atoms with Crippen LogP contribution in [-0.4, -0.2) is 36.8 Å². The van der Waals surface area contributed by atoms with Gasteiger partial charge in [-0.3, -0.25) is 4.90 Å². The zero-order valence-electron chi connectivity index (χ0n) is 9.64. The molecule has 0 aliphatic carbocycles. The third kappa shape index (κ3) is 6.64. The quantitative estimate of drug-likeness (QED) is 0.767. The van der Waals surface area contributed by atoms with Crippen molar-refractivity contribution in [3.8, 4) is 6.07 Å². The van der Waals surface area contributed by atoms with Crippen LogP contribution in [0.4, 0.5) is 13.2 Å². The molecule has 0 bridgehead atoms. The molecule has 0 spiro atoms. The highest BCUT2D eigenvalue weighted by Gasteiger charge is 2.29. The van der Waals surface area contributed by atoms with E-state index in [0.29, 0.717) is 25.8 Å². The van der Waals surface area contributed by atoms with Crippen LogP contribution < -0.4 is 5.73 Å². The summed E-state index contributed by atoms with van der Waals surface area (Å²) < 4.78 is 35.9. The van der Waals surface area contributed by atoms with E-state index in [-0.39, 0.29) is 0 Å². The number of halogens is 3. The lowest BCUT2D eigenvalue weighted by Gasteiger charge is -2.22. The molecule has 1 unspecified atom stereocenters. The number of alkyl halides is 3. The Morgan fingerprint density at radius 3 is 2.31 bits per heavy atom. The Kier molecular flexibility index (Phi) is 5.76. The van der Waals surface area contributed by atoms with Gasteiger partial charge in [0, 0.05) is 0 Å². The zero-order chi connectivity index (χ0) is 12.8. The normalized spacial score (nSPS) is 15.9. The van der Waals surface area contributed by atoms with Crippen LogP contribution in [0.2, 0.25) is 0 Å². The van der Waals surface area contributed by atoms with Crippen molar-refractivity contribution in [3.05, 3.63) is 0 Å². The second kappa shape index (κ2) is 6.06. The molecule has 1 atom stereocenters. The van der Waals surface area contributed by atoms with Crippen LogP contribution in [0.3, 0.4) is 0 Å². The maximum Gasteiger partial charge on any atom is 0.401 e. The molecule has 0 amide bonds. The lowest BCUT2D eigenvalue weighted by atomic mass is 9.93. The highest BCUT2D eigenvalue weighted by molar-refractivity contribution is 5.03. The van der Waals surface area contributed by atoms with Crippen molar-refractivity contribution in [1.82, 2.24) is 4.90 Å². The van der Waals surface area contributed by atoms with Gasteiger partial charge in [0.25, 0.3) is 0 Å². The summed E-state index contributed by atoms with van der Waals surface area (Å²) in [6.07, 6.45) is -2.76. The smallest absolute Gasteiger partial charge is 0.313 e. The monoisotopic (exact) mass is 237 g/mol. The van der Waals surface area contributed by atoms with Crippen LogP contribution in [0, 0.1) is 11.3 Å². The van der Waals surface area contributed by atoms with Crippen molar-refractivity contribution < 1.29 is 13.2 Å². The Morgan fingerprint density at radius 2 is 1.94 bits per heavy atom. The van der Waals surface area contributed by atoms with Crippen LogP contribution in [0.5, 0.6) is 0 Å². The number of rotatable bonds is 6. The van der Waals surface area contributed by atoms with Gasteiger partial charge in [-0.05, 0) is 32.9 Å². The molecule has 0 aromatic rings. The van der Waals surface area contributed by atoms with E-state index >= 15 is 0 Å². The van der Waals surface area contributed by atoms with Crippen LogP contribution in [0.15, 0.2) is 0 Å². The Bertz CT molecular complexity index is 247. The molecule has 0 aliphatic rings. The van der Waals surface area contributed by atoms with Crippen molar-refractivity contribution in [2.75, 3.05) is 20.1 Å². The van der Waals surface area contributed by atoms with E-state index in [1.54, 1.807) is 6.92 Å². The summed E-state index contributed by atoms with van der Waals surface area (Å²) in [6.45, 7) is 1.16. The van der Waals surface area contributed by atoms with Crippen molar-refractivity contribution >= 4 is 0 Å². The van der Waals surface area contributed by atoms with Gasteiger partial charge in [0.1, 0.15) is 5.54 Å². The molecule has 16 heavy (non-hydrogen) atoms. The van der Waals surface area contributed by atoms with E-state index in [0.717, 1.165) is 0 Å². The summed E-state index contributed by atoms with van der Waals surface area (Å²) in [5.41, 5.74) is 4.80. The predicted octanol–water partition coefficient (Wildman–Crippen LogP) is 1.89. The summed E-state index contributed by atoms with van der Waals surface area (Å²) in [7, 11) is 1.41. The fraction of sp³-hybridized carbons (Fsp3) is 0.900. The number of hydrogen-bond acceptors (Lipinski definition) is 3. The summed E-state index contributed by atoms with van der Waals surface area (Å²) in [5.74, 6) is 0. The highest BCUT2D eigenvalue weighted by atomic mass is 19.4. The third-order valence-electron chi connectivity index (χ3n) is 2.47. The maximum absolute atomic E-state index is 12.0. The molecule has 0 heterocycles. The summed E-state index contributed by atoms with van der Waals surface area (Å²) >= 11 is 0. The minimum Gasteiger partial charge on any atom is -0.313 e. The van der Waals surface area contributed by atoms with E-state index in [4.69, 9.17) is 11.0 Å². The summed E-state index contributed by atoms with van der Waals surface area (Å²) in [5, 5.41) is 8.77. The first kappa shape index (κ1) is 15.2. The van der Waals surface area contributed by atoms with Gasteiger partial charge in [-0.1, -0.05) is 6.92 Å². The number of hydrogen-bond donors (Lipinski definition) is 1. The third-order valence-corrected chi connectivity index (χ3v) is 2.47. The molecule has 0 rings (SSSR count). The van der Waals surface area contributed by atoms with Crippen molar-refractivity contribution in [2.24, 2.45) is 5.73 Å². The summed E-state index contributed by atoms with van der Waals surface area (Å²) in [4.78, 5) is 1.19. The molecule has 94 valence electrons. The predicted molar refractivity (Wildman–Crippen MR) is 55.6 cm³/mol. The van der Waals surface area contributed by atoms with E-state index in [1.165, 1.54) is 11.9 Å². The average Bonchev–Trinajstić information content (AvgIpc) is 2.14. The standard InChI is InChI=1S/C10H18F3N3/c1-3-9(15,7-14)5-4-6-16(2)8-10(11,12)13/h3-6,8,15H2,1-2H3. The molecule has 2 N–H and O–H groups in total. The molecule has 0 fully saturated rings. The Labute approximate surface area is 94.0 Å². The molecular formula is C10H18F3N3. The number of nitrogens with zero attached hydrogens (tertiary/aromatic N) is 2.